The molecule has 1 aromatic carbocycles. The molecule has 0 radical (unpaired) electrons. The first-order valence-electron chi connectivity index (χ1n) is 8.95. The number of carbonyl (C=O) groups is 1. The molecule has 2 heterocycles. The Morgan fingerprint density at radius 2 is 2.00 bits per heavy atom. The van der Waals surface area contributed by atoms with Crippen molar-refractivity contribution >= 4 is 27.1 Å². The summed E-state index contributed by atoms with van der Waals surface area (Å²) < 4.78 is 73.6. The first-order chi connectivity index (χ1) is 14.5. The highest BCUT2D eigenvalue weighted by Crippen LogP contribution is 2.31. The molecule has 0 fully saturated rings. The predicted molar refractivity (Wildman–Crippen MR) is 106 cm³/mol. The zero-order chi connectivity index (χ0) is 22.8. The molecular weight excluding hydrogens is 457 g/mol. The number of aromatic nitrogens is 2. The molecule has 3 aromatic rings. The Morgan fingerprint density at radius 1 is 1.26 bits per heavy atom. The lowest BCUT2D eigenvalue weighted by atomic mass is 10.1. The number of alkyl halides is 3. The summed E-state index contributed by atoms with van der Waals surface area (Å²) in [5, 5.41) is 5.46. The maximum absolute atomic E-state index is 12.9. The third-order valence-electron chi connectivity index (χ3n) is 4.12. The number of hydrogen-bond acceptors (Lipinski definition) is 8. The van der Waals surface area contributed by atoms with E-state index in [0.717, 1.165) is 23.5 Å². The fourth-order valence-electron chi connectivity index (χ4n) is 2.84. The van der Waals surface area contributed by atoms with E-state index in [2.05, 4.69) is 10.1 Å². The van der Waals surface area contributed by atoms with Gasteiger partial charge in [0.2, 0.25) is 5.69 Å². The van der Waals surface area contributed by atoms with E-state index in [9.17, 15) is 26.4 Å². The SMILES string of the molecule is CCOC(=O)c1noc(C)c1-c1csc(CS(=O)(=O)Cc2cccc(C(F)(F)F)c2)n1. The van der Waals surface area contributed by atoms with Crippen LogP contribution in [0.3, 0.4) is 0 Å². The van der Waals surface area contributed by atoms with Gasteiger partial charge in [-0.25, -0.2) is 18.2 Å². The van der Waals surface area contributed by atoms with Gasteiger partial charge in [0.05, 0.1) is 29.2 Å². The fraction of sp³-hybridized carbons (Fsp3) is 0.316. The van der Waals surface area contributed by atoms with Crippen molar-refractivity contribution in [1.82, 2.24) is 10.1 Å². The van der Waals surface area contributed by atoms with Gasteiger partial charge in [-0.2, -0.15) is 13.2 Å². The molecule has 0 spiro atoms. The lowest BCUT2D eigenvalue weighted by Crippen LogP contribution is -2.10. The molecule has 0 aliphatic rings. The molecule has 0 N–H and O–H groups in total. The third-order valence-corrected chi connectivity index (χ3v) is 6.64. The topological polar surface area (TPSA) is 99.4 Å². The van der Waals surface area contributed by atoms with Crippen LogP contribution in [0.1, 0.15) is 39.3 Å². The Bertz CT molecular complexity index is 1200. The number of nitrogens with zero attached hydrogens (tertiary/aromatic N) is 2. The molecule has 2 aromatic heterocycles. The molecule has 0 saturated heterocycles. The van der Waals surface area contributed by atoms with Crippen molar-refractivity contribution < 1.29 is 35.6 Å². The van der Waals surface area contributed by atoms with Crippen LogP contribution in [0.15, 0.2) is 34.2 Å². The van der Waals surface area contributed by atoms with Gasteiger partial charge in [0.15, 0.2) is 9.84 Å². The maximum atomic E-state index is 12.9. The van der Waals surface area contributed by atoms with Crippen molar-refractivity contribution in [1.29, 1.82) is 0 Å². The van der Waals surface area contributed by atoms with Gasteiger partial charge in [-0.15, -0.1) is 11.3 Å². The summed E-state index contributed by atoms with van der Waals surface area (Å²) in [4.78, 5) is 16.3. The van der Waals surface area contributed by atoms with Crippen molar-refractivity contribution in [3.8, 4) is 11.3 Å². The zero-order valence-corrected chi connectivity index (χ0v) is 18.0. The lowest BCUT2D eigenvalue weighted by molar-refractivity contribution is -0.137. The second-order valence-corrected chi connectivity index (χ2v) is 9.55. The summed E-state index contributed by atoms with van der Waals surface area (Å²) >= 11 is 1.04. The Balaban J connectivity index is 1.80. The van der Waals surface area contributed by atoms with Crippen LogP contribution in [0, 0.1) is 6.92 Å². The van der Waals surface area contributed by atoms with Crippen LogP contribution in [0.2, 0.25) is 0 Å². The maximum Gasteiger partial charge on any atom is 0.416 e. The highest BCUT2D eigenvalue weighted by atomic mass is 32.2. The average molecular weight is 474 g/mol. The van der Waals surface area contributed by atoms with Gasteiger partial charge in [0.1, 0.15) is 16.5 Å². The highest BCUT2D eigenvalue weighted by Gasteiger charge is 2.31. The first kappa shape index (κ1) is 22.9. The number of ether oxygens (including phenoxy) is 1. The molecular formula is C19H17F3N2O5S2. The van der Waals surface area contributed by atoms with Crippen LogP contribution in [0.25, 0.3) is 11.3 Å². The van der Waals surface area contributed by atoms with Crippen molar-refractivity contribution in [2.24, 2.45) is 0 Å². The van der Waals surface area contributed by atoms with Gasteiger partial charge in [-0.05, 0) is 25.5 Å². The normalized spacial score (nSPS) is 12.2. The van der Waals surface area contributed by atoms with Crippen LogP contribution >= 0.6 is 11.3 Å². The number of sulfone groups is 1. The number of aryl methyl sites for hydroxylation is 1. The summed E-state index contributed by atoms with van der Waals surface area (Å²) in [6.07, 6.45) is -4.56. The largest absolute Gasteiger partial charge is 0.461 e. The highest BCUT2D eigenvalue weighted by molar-refractivity contribution is 7.89. The van der Waals surface area contributed by atoms with Crippen LogP contribution in [-0.2, 0) is 32.3 Å². The second-order valence-electron chi connectivity index (χ2n) is 6.54. The molecule has 31 heavy (non-hydrogen) atoms. The van der Waals surface area contributed by atoms with Crippen LogP contribution in [0.5, 0.6) is 0 Å². The molecule has 0 amide bonds. The third kappa shape index (κ3) is 5.50. The minimum Gasteiger partial charge on any atom is -0.461 e. The van der Waals surface area contributed by atoms with E-state index < -0.39 is 39.1 Å². The van der Waals surface area contributed by atoms with Gasteiger partial charge in [-0.3, -0.25) is 0 Å². The molecule has 7 nitrogen and oxygen atoms in total. The Kier molecular flexibility index (Phi) is 6.51. The lowest BCUT2D eigenvalue weighted by Gasteiger charge is -2.09. The summed E-state index contributed by atoms with van der Waals surface area (Å²) in [6, 6.07) is 4.19. The average Bonchev–Trinajstić information content (AvgIpc) is 3.26. The van der Waals surface area contributed by atoms with E-state index in [-0.39, 0.29) is 22.9 Å². The van der Waals surface area contributed by atoms with E-state index in [1.165, 1.54) is 12.1 Å². The quantitative estimate of drug-likeness (QED) is 0.468. The molecule has 166 valence electrons. The van der Waals surface area contributed by atoms with Gasteiger partial charge in [0, 0.05) is 5.38 Å². The summed E-state index contributed by atoms with van der Waals surface area (Å²) in [6.45, 7) is 3.36. The standard InChI is InChI=1S/C19H17F3N2O5S2/c1-3-28-18(25)17-16(11(2)29-24-17)14-8-30-15(23-14)10-31(26,27)9-12-5-4-6-13(7-12)19(20,21)22/h4-8H,3,9-10H2,1-2H3. The van der Waals surface area contributed by atoms with E-state index >= 15 is 0 Å². The van der Waals surface area contributed by atoms with Gasteiger partial charge < -0.3 is 9.26 Å². The van der Waals surface area contributed by atoms with Crippen molar-refractivity contribution in [2.75, 3.05) is 6.61 Å². The number of thiazole rings is 1. The molecule has 0 atom stereocenters. The number of rotatable bonds is 7. The van der Waals surface area contributed by atoms with Crippen molar-refractivity contribution in [2.45, 2.75) is 31.5 Å². The molecule has 0 aliphatic heterocycles. The molecule has 0 bridgehead atoms. The van der Waals surface area contributed by atoms with Gasteiger partial charge >= 0.3 is 12.1 Å². The predicted octanol–water partition coefficient (Wildman–Crippen LogP) is 4.42. The van der Waals surface area contributed by atoms with Crippen LogP contribution in [-0.4, -0.2) is 31.1 Å². The minimum absolute atomic E-state index is 0.0334. The van der Waals surface area contributed by atoms with Crippen molar-refractivity contribution in [3.05, 3.63) is 57.2 Å². The summed E-state index contributed by atoms with van der Waals surface area (Å²) in [7, 11) is -3.80. The van der Waals surface area contributed by atoms with Gasteiger partial charge in [0.25, 0.3) is 0 Å². The van der Waals surface area contributed by atoms with Crippen molar-refractivity contribution in [3.63, 3.8) is 0 Å². The molecule has 0 saturated carbocycles. The monoisotopic (exact) mass is 474 g/mol. The van der Waals surface area contributed by atoms with Crippen LogP contribution in [0.4, 0.5) is 13.2 Å². The number of hydrogen-bond donors (Lipinski definition) is 0. The smallest absolute Gasteiger partial charge is 0.416 e. The van der Waals surface area contributed by atoms with Crippen LogP contribution < -0.4 is 0 Å². The number of esters is 1. The summed E-state index contributed by atoms with van der Waals surface area (Å²) in [5.74, 6) is -1.41. The van der Waals surface area contributed by atoms with E-state index in [1.807, 2.05) is 0 Å². The van der Waals surface area contributed by atoms with E-state index in [0.29, 0.717) is 17.0 Å². The van der Waals surface area contributed by atoms with Gasteiger partial charge in [-0.1, -0.05) is 23.4 Å². The van der Waals surface area contributed by atoms with E-state index in [4.69, 9.17) is 9.26 Å². The minimum atomic E-state index is -4.56. The number of carbonyl (C=O) groups excluding carboxylic acids is 1. The zero-order valence-electron chi connectivity index (χ0n) is 16.4. The number of benzene rings is 1. The Morgan fingerprint density at radius 3 is 2.68 bits per heavy atom. The fourth-order valence-corrected chi connectivity index (χ4v) is 5.45. The molecule has 0 aliphatic carbocycles. The Hall–Kier alpha value is -2.73. The Labute approximate surface area is 179 Å². The summed E-state index contributed by atoms with van der Waals surface area (Å²) in [5.41, 5.74) is -0.340. The number of halogens is 3. The first-order valence-corrected chi connectivity index (χ1v) is 11.6. The molecule has 12 heteroatoms. The molecule has 0 unspecified atom stereocenters. The second kappa shape index (κ2) is 8.79. The molecule has 3 rings (SSSR count). The van der Waals surface area contributed by atoms with E-state index in [1.54, 1.807) is 19.2 Å².